The highest BCUT2D eigenvalue weighted by atomic mass is 79.9. The summed E-state index contributed by atoms with van der Waals surface area (Å²) in [5, 5.41) is 9.21. The zero-order valence-electron chi connectivity index (χ0n) is 15.3. The fourth-order valence-electron chi connectivity index (χ4n) is 2.05. The second-order valence-electron chi connectivity index (χ2n) is 5.63. The van der Waals surface area contributed by atoms with Crippen LogP contribution in [0.5, 0.6) is 0 Å². The van der Waals surface area contributed by atoms with Gasteiger partial charge in [0.05, 0.1) is 5.69 Å². The molecule has 144 valence electrons. The average Bonchev–Trinajstić information content (AvgIpc) is 2.62. The fraction of sp³-hybridized carbons (Fsp3) is 0.421. The molecule has 5 nitrogen and oxygen atoms in total. The van der Waals surface area contributed by atoms with Crippen LogP contribution in [-0.4, -0.2) is 10.3 Å². The normalized spacial score (nSPS) is 10.1. The number of azo groups is 1. The lowest BCUT2D eigenvalue weighted by Crippen LogP contribution is -1.95. The minimum absolute atomic E-state index is 0. The Bertz CT molecular complexity index is 617. The summed E-state index contributed by atoms with van der Waals surface area (Å²) in [6, 6.07) is 12.7. The van der Waals surface area contributed by atoms with Gasteiger partial charge in [0, 0.05) is 5.33 Å². The zero-order chi connectivity index (χ0) is 18.3. The quantitative estimate of drug-likeness (QED) is 0.267. The first-order chi connectivity index (χ1) is 12.2. The lowest BCUT2D eigenvalue weighted by atomic mass is 10.1. The summed E-state index contributed by atoms with van der Waals surface area (Å²) >= 11 is 3.42. The van der Waals surface area contributed by atoms with Crippen molar-refractivity contribution in [2.75, 3.05) is 16.8 Å². The van der Waals surface area contributed by atoms with Crippen molar-refractivity contribution in [3.05, 3.63) is 42.5 Å². The van der Waals surface area contributed by atoms with Crippen molar-refractivity contribution >= 4 is 51.3 Å². The SMILES string of the molecule is CCCCCCCCBr.Cl.Nc1ccc(N=Nc2ccccc2)c(N)n1. The monoisotopic (exact) mass is 441 g/mol. The van der Waals surface area contributed by atoms with Gasteiger partial charge in [0.15, 0.2) is 5.82 Å². The number of halogens is 2. The number of aromatic nitrogens is 1. The molecule has 1 aromatic carbocycles. The Kier molecular flexibility index (Phi) is 14.6. The van der Waals surface area contributed by atoms with Crippen molar-refractivity contribution in [3.8, 4) is 0 Å². The van der Waals surface area contributed by atoms with E-state index < -0.39 is 0 Å². The van der Waals surface area contributed by atoms with E-state index >= 15 is 0 Å². The van der Waals surface area contributed by atoms with Gasteiger partial charge < -0.3 is 11.5 Å². The molecule has 2 aromatic rings. The van der Waals surface area contributed by atoms with E-state index in [4.69, 9.17) is 11.5 Å². The standard InChI is InChI=1S/C11H11N5.C8H17Br.ClH/c12-10-7-6-9(11(13)14-10)16-15-8-4-2-1-3-5-8;1-2-3-4-5-6-7-8-9;/h1-7H,(H4,12,13,14);2-8H2,1H3;1H. The van der Waals surface area contributed by atoms with Crippen LogP contribution in [0.15, 0.2) is 52.7 Å². The molecule has 4 N–H and O–H groups in total. The number of rotatable bonds is 8. The zero-order valence-corrected chi connectivity index (χ0v) is 17.7. The molecular weight excluding hydrogens is 414 g/mol. The first-order valence-electron chi connectivity index (χ1n) is 8.72. The second-order valence-corrected chi connectivity index (χ2v) is 6.43. The van der Waals surface area contributed by atoms with Gasteiger partial charge in [0.2, 0.25) is 0 Å². The first kappa shape index (κ1) is 24.3. The molecule has 0 aliphatic rings. The van der Waals surface area contributed by atoms with E-state index in [9.17, 15) is 0 Å². The summed E-state index contributed by atoms with van der Waals surface area (Å²) in [5.41, 5.74) is 12.4. The number of alkyl halides is 1. The third-order valence-electron chi connectivity index (χ3n) is 3.44. The maximum absolute atomic E-state index is 5.64. The van der Waals surface area contributed by atoms with E-state index in [-0.39, 0.29) is 18.2 Å². The Balaban J connectivity index is 0.000000543. The molecular formula is C19H29BrClN5. The number of nitrogens with zero attached hydrogens (tertiary/aromatic N) is 3. The number of unbranched alkanes of at least 4 members (excludes halogenated alkanes) is 5. The average molecular weight is 443 g/mol. The molecule has 0 unspecified atom stereocenters. The largest absolute Gasteiger partial charge is 0.384 e. The van der Waals surface area contributed by atoms with E-state index in [0.717, 1.165) is 5.69 Å². The minimum atomic E-state index is 0. The van der Waals surface area contributed by atoms with Crippen LogP contribution in [0.25, 0.3) is 0 Å². The molecule has 1 heterocycles. The van der Waals surface area contributed by atoms with Crippen LogP contribution >= 0.6 is 28.3 Å². The number of benzene rings is 1. The summed E-state index contributed by atoms with van der Waals surface area (Å²) in [4.78, 5) is 3.89. The predicted molar refractivity (Wildman–Crippen MR) is 118 cm³/mol. The second kappa shape index (κ2) is 15.6. The molecule has 26 heavy (non-hydrogen) atoms. The Hall–Kier alpha value is -1.66. The summed E-state index contributed by atoms with van der Waals surface area (Å²) in [5.74, 6) is 0.649. The lowest BCUT2D eigenvalue weighted by molar-refractivity contribution is 0.628. The molecule has 0 spiro atoms. The molecule has 0 fully saturated rings. The third-order valence-corrected chi connectivity index (χ3v) is 4.00. The number of hydrogen-bond acceptors (Lipinski definition) is 5. The van der Waals surface area contributed by atoms with Crippen molar-refractivity contribution in [2.45, 2.75) is 45.4 Å². The molecule has 0 saturated heterocycles. The van der Waals surface area contributed by atoms with Gasteiger partial charge in [-0.1, -0.05) is 73.2 Å². The van der Waals surface area contributed by atoms with Crippen LogP contribution in [0, 0.1) is 0 Å². The molecule has 0 bridgehead atoms. The number of hydrogen-bond donors (Lipinski definition) is 2. The van der Waals surface area contributed by atoms with Crippen LogP contribution in [0.4, 0.5) is 23.0 Å². The van der Waals surface area contributed by atoms with Gasteiger partial charge in [-0.2, -0.15) is 5.11 Å². The molecule has 7 heteroatoms. The van der Waals surface area contributed by atoms with Crippen LogP contribution in [0.3, 0.4) is 0 Å². The Labute approximate surface area is 171 Å². The Morgan fingerprint density at radius 1 is 0.885 bits per heavy atom. The molecule has 2 rings (SSSR count). The van der Waals surface area contributed by atoms with Gasteiger partial charge in [-0.25, -0.2) is 4.98 Å². The molecule has 0 atom stereocenters. The van der Waals surface area contributed by atoms with Crippen LogP contribution in [0.1, 0.15) is 45.4 Å². The van der Waals surface area contributed by atoms with E-state index in [1.165, 1.54) is 43.9 Å². The lowest BCUT2D eigenvalue weighted by Gasteiger charge is -1.98. The summed E-state index contributed by atoms with van der Waals surface area (Å²) in [6.07, 6.45) is 8.40. The number of anilines is 2. The maximum Gasteiger partial charge on any atom is 0.153 e. The summed E-state index contributed by atoms with van der Waals surface area (Å²) < 4.78 is 0. The van der Waals surface area contributed by atoms with Crippen molar-refractivity contribution in [1.82, 2.24) is 4.98 Å². The van der Waals surface area contributed by atoms with Crippen molar-refractivity contribution in [2.24, 2.45) is 10.2 Å². The number of nitrogens with two attached hydrogens (primary N) is 2. The molecule has 0 radical (unpaired) electrons. The van der Waals surface area contributed by atoms with E-state index in [2.05, 4.69) is 38.1 Å². The van der Waals surface area contributed by atoms with Gasteiger partial charge in [0.1, 0.15) is 11.5 Å². The third kappa shape index (κ3) is 11.1. The van der Waals surface area contributed by atoms with Crippen molar-refractivity contribution in [3.63, 3.8) is 0 Å². The van der Waals surface area contributed by atoms with Gasteiger partial charge >= 0.3 is 0 Å². The van der Waals surface area contributed by atoms with E-state index in [1.807, 2.05) is 30.3 Å². The number of nitrogen functional groups attached to an aromatic ring is 2. The molecule has 1 aromatic heterocycles. The highest BCUT2D eigenvalue weighted by molar-refractivity contribution is 9.09. The molecule has 0 amide bonds. The van der Waals surface area contributed by atoms with Gasteiger partial charge in [-0.05, 0) is 30.7 Å². The fourth-order valence-corrected chi connectivity index (χ4v) is 2.45. The Morgan fingerprint density at radius 3 is 2.15 bits per heavy atom. The summed E-state index contributed by atoms with van der Waals surface area (Å²) in [7, 11) is 0. The van der Waals surface area contributed by atoms with E-state index in [0.29, 0.717) is 11.5 Å². The Morgan fingerprint density at radius 2 is 1.54 bits per heavy atom. The van der Waals surface area contributed by atoms with Crippen LogP contribution in [0.2, 0.25) is 0 Å². The smallest absolute Gasteiger partial charge is 0.153 e. The minimum Gasteiger partial charge on any atom is -0.384 e. The van der Waals surface area contributed by atoms with Crippen molar-refractivity contribution < 1.29 is 0 Å². The van der Waals surface area contributed by atoms with Gasteiger partial charge in [-0.3, -0.25) is 0 Å². The first-order valence-corrected chi connectivity index (χ1v) is 9.84. The molecule has 0 aliphatic carbocycles. The number of pyridine rings is 1. The van der Waals surface area contributed by atoms with Crippen LogP contribution in [-0.2, 0) is 0 Å². The highest BCUT2D eigenvalue weighted by Crippen LogP contribution is 2.23. The van der Waals surface area contributed by atoms with Crippen LogP contribution < -0.4 is 11.5 Å². The predicted octanol–water partition coefficient (Wildman–Crippen LogP) is 6.83. The molecule has 0 saturated carbocycles. The maximum atomic E-state index is 5.64. The van der Waals surface area contributed by atoms with Crippen molar-refractivity contribution in [1.29, 1.82) is 0 Å². The topological polar surface area (TPSA) is 89.6 Å². The highest BCUT2D eigenvalue weighted by Gasteiger charge is 1.98. The van der Waals surface area contributed by atoms with Gasteiger partial charge in [0.25, 0.3) is 0 Å². The molecule has 0 aliphatic heterocycles. The van der Waals surface area contributed by atoms with Gasteiger partial charge in [-0.15, -0.1) is 17.5 Å². The van der Waals surface area contributed by atoms with E-state index in [1.54, 1.807) is 12.1 Å². The summed E-state index contributed by atoms with van der Waals surface area (Å²) in [6.45, 7) is 2.25.